The SMILES string of the molecule is O=C(NCCOc1ccc(Cl)cc1)Nc1cccc(S(=O)(=O)C(F)F)c1. The molecule has 2 amide bonds. The molecule has 0 radical (unpaired) electrons. The Bertz CT molecular complexity index is 861. The summed E-state index contributed by atoms with van der Waals surface area (Å²) in [5.74, 6) is -2.95. The van der Waals surface area contributed by atoms with Crippen molar-refractivity contribution in [2.45, 2.75) is 10.7 Å². The lowest BCUT2D eigenvalue weighted by molar-refractivity contribution is 0.235. The van der Waals surface area contributed by atoms with Gasteiger partial charge in [-0.15, -0.1) is 0 Å². The topological polar surface area (TPSA) is 84.5 Å². The van der Waals surface area contributed by atoms with Gasteiger partial charge in [0.2, 0.25) is 9.84 Å². The van der Waals surface area contributed by atoms with Crippen molar-refractivity contribution < 1.29 is 26.7 Å². The van der Waals surface area contributed by atoms with Gasteiger partial charge in [-0.25, -0.2) is 13.2 Å². The predicted octanol–water partition coefficient (Wildman–Crippen LogP) is 3.54. The monoisotopic (exact) mass is 404 g/mol. The molecule has 2 aromatic carbocycles. The van der Waals surface area contributed by atoms with Gasteiger partial charge < -0.3 is 15.4 Å². The molecule has 0 saturated heterocycles. The molecule has 0 fully saturated rings. The summed E-state index contributed by atoms with van der Waals surface area (Å²) in [7, 11) is -4.72. The third kappa shape index (κ3) is 5.57. The highest BCUT2D eigenvalue weighted by molar-refractivity contribution is 7.91. The molecule has 2 rings (SSSR count). The number of anilines is 1. The van der Waals surface area contributed by atoms with Gasteiger partial charge in [0.1, 0.15) is 12.4 Å². The molecule has 10 heteroatoms. The Kier molecular flexibility index (Phi) is 6.76. The molecule has 26 heavy (non-hydrogen) atoms. The molecule has 0 heterocycles. The third-order valence-corrected chi connectivity index (χ3v) is 4.76. The maximum atomic E-state index is 12.6. The molecular formula is C16H15ClF2N2O4S. The molecule has 140 valence electrons. The minimum absolute atomic E-state index is 0.0721. The smallest absolute Gasteiger partial charge is 0.341 e. The zero-order valence-electron chi connectivity index (χ0n) is 13.3. The summed E-state index contributed by atoms with van der Waals surface area (Å²) >= 11 is 5.75. The number of alkyl halides is 2. The Morgan fingerprint density at radius 3 is 2.50 bits per heavy atom. The van der Waals surface area contributed by atoms with Crippen molar-refractivity contribution in [3.8, 4) is 5.75 Å². The number of sulfone groups is 1. The first-order chi connectivity index (χ1) is 12.3. The number of carbonyl (C=O) groups excluding carboxylic acids is 1. The van der Waals surface area contributed by atoms with E-state index >= 15 is 0 Å². The molecule has 0 aromatic heterocycles. The summed E-state index contributed by atoms with van der Waals surface area (Å²) in [6.07, 6.45) is 0. The number of nitrogens with one attached hydrogen (secondary N) is 2. The van der Waals surface area contributed by atoms with E-state index in [1.54, 1.807) is 24.3 Å². The molecule has 0 unspecified atom stereocenters. The van der Waals surface area contributed by atoms with Crippen LogP contribution in [0.3, 0.4) is 0 Å². The first-order valence-electron chi connectivity index (χ1n) is 7.34. The second-order valence-electron chi connectivity index (χ2n) is 5.02. The van der Waals surface area contributed by atoms with E-state index in [2.05, 4.69) is 10.6 Å². The fourth-order valence-electron chi connectivity index (χ4n) is 1.89. The van der Waals surface area contributed by atoms with Gasteiger partial charge >= 0.3 is 11.8 Å². The quantitative estimate of drug-likeness (QED) is 0.691. The summed E-state index contributed by atoms with van der Waals surface area (Å²) < 4.78 is 53.4. The Morgan fingerprint density at radius 2 is 1.85 bits per heavy atom. The van der Waals surface area contributed by atoms with Gasteiger partial charge in [-0.3, -0.25) is 0 Å². The van der Waals surface area contributed by atoms with Crippen molar-refractivity contribution >= 4 is 33.2 Å². The highest BCUT2D eigenvalue weighted by Crippen LogP contribution is 2.21. The Hall–Kier alpha value is -2.39. The van der Waals surface area contributed by atoms with Crippen LogP contribution < -0.4 is 15.4 Å². The first-order valence-corrected chi connectivity index (χ1v) is 9.27. The van der Waals surface area contributed by atoms with Crippen molar-refractivity contribution in [3.63, 3.8) is 0 Å². The van der Waals surface area contributed by atoms with E-state index in [-0.39, 0.29) is 18.8 Å². The van der Waals surface area contributed by atoms with Crippen LogP contribution in [0, 0.1) is 0 Å². The lowest BCUT2D eigenvalue weighted by atomic mass is 10.3. The lowest BCUT2D eigenvalue weighted by Gasteiger charge is -2.10. The van der Waals surface area contributed by atoms with Crippen molar-refractivity contribution in [1.82, 2.24) is 5.32 Å². The molecule has 0 atom stereocenters. The summed E-state index contributed by atoms with van der Waals surface area (Å²) in [4.78, 5) is 11.2. The Labute approximate surface area is 154 Å². The molecule has 0 spiro atoms. The fourth-order valence-corrected chi connectivity index (χ4v) is 2.78. The molecule has 0 saturated carbocycles. The molecule has 6 nitrogen and oxygen atoms in total. The number of ether oxygens (including phenoxy) is 1. The summed E-state index contributed by atoms with van der Waals surface area (Å²) in [6, 6.07) is 10.7. The lowest BCUT2D eigenvalue weighted by Crippen LogP contribution is -2.32. The van der Waals surface area contributed by atoms with E-state index in [0.717, 1.165) is 12.1 Å². The molecule has 0 aliphatic heterocycles. The molecule has 0 bridgehead atoms. The first kappa shape index (κ1) is 19.9. The van der Waals surface area contributed by atoms with Gasteiger partial charge in [-0.05, 0) is 42.5 Å². The number of halogens is 3. The summed E-state index contributed by atoms with van der Waals surface area (Å²) in [6.45, 7) is 0.359. The van der Waals surface area contributed by atoms with Crippen LogP contribution in [-0.2, 0) is 9.84 Å². The van der Waals surface area contributed by atoms with Crippen molar-refractivity contribution in [2.75, 3.05) is 18.5 Å². The molecule has 2 N–H and O–H groups in total. The normalized spacial score (nSPS) is 11.2. The van der Waals surface area contributed by atoms with Crippen molar-refractivity contribution in [2.24, 2.45) is 0 Å². The second-order valence-corrected chi connectivity index (χ2v) is 7.37. The molecule has 0 aliphatic rings. The van der Waals surface area contributed by atoms with Crippen LogP contribution in [0.2, 0.25) is 5.02 Å². The van der Waals surface area contributed by atoms with E-state index in [1.165, 1.54) is 12.1 Å². The fraction of sp³-hybridized carbons (Fsp3) is 0.188. The van der Waals surface area contributed by atoms with Gasteiger partial charge in [0.15, 0.2) is 0 Å². The van der Waals surface area contributed by atoms with Gasteiger partial charge in [0.25, 0.3) is 0 Å². The molecule has 0 aliphatic carbocycles. The average Bonchev–Trinajstić information content (AvgIpc) is 2.60. The second kappa shape index (κ2) is 8.81. The van der Waals surface area contributed by atoms with Gasteiger partial charge in [-0.2, -0.15) is 8.78 Å². The number of hydrogen-bond acceptors (Lipinski definition) is 4. The van der Waals surface area contributed by atoms with Gasteiger partial charge in [-0.1, -0.05) is 17.7 Å². The number of benzene rings is 2. The zero-order chi connectivity index (χ0) is 19.2. The van der Waals surface area contributed by atoms with Gasteiger partial charge in [0, 0.05) is 10.7 Å². The highest BCUT2D eigenvalue weighted by Gasteiger charge is 2.26. The maximum absolute atomic E-state index is 12.6. The van der Waals surface area contributed by atoms with E-state index < -0.39 is 26.5 Å². The van der Waals surface area contributed by atoms with Gasteiger partial charge in [0.05, 0.1) is 11.4 Å². The summed E-state index contributed by atoms with van der Waals surface area (Å²) in [5.41, 5.74) is 0.0721. The predicted molar refractivity (Wildman–Crippen MR) is 93.6 cm³/mol. The standard InChI is InChI=1S/C16H15ClF2N2O4S/c17-11-4-6-13(7-5-11)25-9-8-20-16(22)21-12-2-1-3-14(10-12)26(23,24)15(18)19/h1-7,10,15H,8-9H2,(H2,20,21,22). The van der Waals surface area contributed by atoms with E-state index in [1.807, 2.05) is 0 Å². The minimum Gasteiger partial charge on any atom is -0.492 e. The number of hydrogen-bond donors (Lipinski definition) is 2. The largest absolute Gasteiger partial charge is 0.492 e. The van der Waals surface area contributed by atoms with E-state index in [0.29, 0.717) is 10.8 Å². The number of urea groups is 1. The van der Waals surface area contributed by atoms with Crippen LogP contribution >= 0.6 is 11.6 Å². The number of rotatable bonds is 7. The molecular weight excluding hydrogens is 390 g/mol. The Balaban J connectivity index is 1.83. The van der Waals surface area contributed by atoms with E-state index in [4.69, 9.17) is 16.3 Å². The van der Waals surface area contributed by atoms with Crippen LogP contribution in [0.1, 0.15) is 0 Å². The highest BCUT2D eigenvalue weighted by atomic mass is 35.5. The number of carbonyl (C=O) groups is 1. The Morgan fingerprint density at radius 1 is 1.15 bits per heavy atom. The van der Waals surface area contributed by atoms with Crippen molar-refractivity contribution in [3.05, 3.63) is 53.6 Å². The van der Waals surface area contributed by atoms with Crippen LogP contribution in [0.15, 0.2) is 53.4 Å². The summed E-state index contributed by atoms with van der Waals surface area (Å²) in [5, 5.41) is 5.44. The molecule has 2 aromatic rings. The average molecular weight is 405 g/mol. The van der Waals surface area contributed by atoms with E-state index in [9.17, 15) is 22.0 Å². The number of amides is 2. The van der Waals surface area contributed by atoms with Crippen LogP contribution in [0.25, 0.3) is 0 Å². The van der Waals surface area contributed by atoms with Crippen LogP contribution in [0.5, 0.6) is 5.75 Å². The van der Waals surface area contributed by atoms with Crippen LogP contribution in [0.4, 0.5) is 19.3 Å². The van der Waals surface area contributed by atoms with Crippen LogP contribution in [-0.4, -0.2) is 33.4 Å². The third-order valence-electron chi connectivity index (χ3n) is 3.12. The van der Waals surface area contributed by atoms with Crippen molar-refractivity contribution in [1.29, 1.82) is 0 Å². The maximum Gasteiger partial charge on any atom is 0.341 e. The minimum atomic E-state index is -4.72. The zero-order valence-corrected chi connectivity index (χ0v) is 14.9.